The number of para-hydroxylation sites is 1. The number of hydrogen-bond donors (Lipinski definition) is 2. The second-order valence-corrected chi connectivity index (χ2v) is 5.30. The fourth-order valence-corrected chi connectivity index (χ4v) is 2.52. The van der Waals surface area contributed by atoms with Crippen LogP contribution in [0.15, 0.2) is 42.5 Å². The summed E-state index contributed by atoms with van der Waals surface area (Å²) >= 11 is 11.9. The van der Waals surface area contributed by atoms with Gasteiger partial charge < -0.3 is 11.1 Å². The first-order chi connectivity index (χ1) is 9.54. The molecule has 2 aromatic rings. The van der Waals surface area contributed by atoms with Gasteiger partial charge in [0.15, 0.2) is 0 Å². The van der Waals surface area contributed by atoms with Crippen LogP contribution in [0.5, 0.6) is 0 Å². The second-order valence-electron chi connectivity index (χ2n) is 4.43. The van der Waals surface area contributed by atoms with Crippen molar-refractivity contribution in [2.24, 2.45) is 5.73 Å². The Balaban J connectivity index is 2.12. The van der Waals surface area contributed by atoms with E-state index in [9.17, 15) is 4.79 Å². The maximum absolute atomic E-state index is 11.0. The van der Waals surface area contributed by atoms with Crippen molar-refractivity contribution in [2.45, 2.75) is 13.0 Å². The Bertz CT molecular complexity index is 609. The first-order valence-corrected chi connectivity index (χ1v) is 6.85. The summed E-state index contributed by atoms with van der Waals surface area (Å²) in [6.07, 6.45) is 0.208. The number of halogens is 2. The molecule has 0 bridgehead atoms. The van der Waals surface area contributed by atoms with Crippen molar-refractivity contribution < 1.29 is 4.79 Å². The molecule has 0 aromatic heterocycles. The number of rotatable bonds is 5. The molecule has 0 heterocycles. The van der Waals surface area contributed by atoms with Crippen molar-refractivity contribution in [1.82, 2.24) is 0 Å². The molecule has 2 rings (SSSR count). The van der Waals surface area contributed by atoms with Gasteiger partial charge in [0.05, 0.1) is 6.42 Å². The molecule has 2 aromatic carbocycles. The van der Waals surface area contributed by atoms with Gasteiger partial charge in [0.2, 0.25) is 5.91 Å². The number of nitrogens with two attached hydrogens (primary N) is 1. The number of carbonyl (C=O) groups excluding carboxylic acids is 1. The van der Waals surface area contributed by atoms with Crippen LogP contribution in [0.3, 0.4) is 0 Å². The van der Waals surface area contributed by atoms with Crippen LogP contribution in [-0.4, -0.2) is 5.91 Å². The highest BCUT2D eigenvalue weighted by Gasteiger charge is 2.05. The van der Waals surface area contributed by atoms with E-state index in [0.717, 1.165) is 16.8 Å². The molecule has 0 unspecified atom stereocenters. The minimum Gasteiger partial charge on any atom is -0.381 e. The summed E-state index contributed by atoms with van der Waals surface area (Å²) in [6, 6.07) is 12.9. The van der Waals surface area contributed by atoms with Crippen LogP contribution >= 0.6 is 23.2 Å². The number of hydrogen-bond acceptors (Lipinski definition) is 2. The molecule has 0 saturated carbocycles. The lowest BCUT2D eigenvalue weighted by atomic mass is 10.1. The maximum atomic E-state index is 11.0. The van der Waals surface area contributed by atoms with Crippen LogP contribution in [-0.2, 0) is 17.8 Å². The van der Waals surface area contributed by atoms with E-state index < -0.39 is 0 Å². The molecule has 1 amide bonds. The molecule has 3 N–H and O–H groups in total. The van der Waals surface area contributed by atoms with E-state index in [1.165, 1.54) is 0 Å². The van der Waals surface area contributed by atoms with Crippen molar-refractivity contribution >= 4 is 34.8 Å². The smallest absolute Gasteiger partial charge is 0.221 e. The Kier molecular flexibility index (Phi) is 4.88. The molecule has 104 valence electrons. The van der Waals surface area contributed by atoms with Gasteiger partial charge in [-0.2, -0.15) is 0 Å². The molecule has 0 saturated heterocycles. The Morgan fingerprint density at radius 1 is 1.10 bits per heavy atom. The molecular weight excluding hydrogens is 295 g/mol. The van der Waals surface area contributed by atoms with Crippen molar-refractivity contribution in [3.63, 3.8) is 0 Å². The van der Waals surface area contributed by atoms with Gasteiger partial charge in [0.1, 0.15) is 0 Å². The van der Waals surface area contributed by atoms with Gasteiger partial charge >= 0.3 is 0 Å². The third-order valence-corrected chi connectivity index (χ3v) is 3.22. The van der Waals surface area contributed by atoms with E-state index >= 15 is 0 Å². The molecular formula is C15H14Cl2N2O. The van der Waals surface area contributed by atoms with Gasteiger partial charge in [-0.1, -0.05) is 41.4 Å². The molecule has 20 heavy (non-hydrogen) atoms. The second kappa shape index (κ2) is 6.64. The van der Waals surface area contributed by atoms with Crippen molar-refractivity contribution in [3.05, 3.63) is 63.6 Å². The standard InChI is InChI=1S/C15H14Cl2N2O/c16-12-5-10(6-13(17)8-12)9-19-14-4-2-1-3-11(14)7-15(18)20/h1-6,8,19H,7,9H2,(H2,18,20). The normalized spacial score (nSPS) is 10.3. The predicted molar refractivity (Wildman–Crippen MR) is 83.1 cm³/mol. The highest BCUT2D eigenvalue weighted by molar-refractivity contribution is 6.34. The van der Waals surface area contributed by atoms with Crippen LogP contribution in [0.4, 0.5) is 5.69 Å². The summed E-state index contributed by atoms with van der Waals surface area (Å²) in [7, 11) is 0. The van der Waals surface area contributed by atoms with E-state index in [1.807, 2.05) is 36.4 Å². The first kappa shape index (κ1) is 14.7. The topological polar surface area (TPSA) is 55.1 Å². The molecule has 3 nitrogen and oxygen atoms in total. The Morgan fingerprint density at radius 3 is 2.40 bits per heavy atom. The van der Waals surface area contributed by atoms with Gasteiger partial charge in [-0.15, -0.1) is 0 Å². The monoisotopic (exact) mass is 308 g/mol. The van der Waals surface area contributed by atoms with Crippen molar-refractivity contribution in [3.8, 4) is 0 Å². The minimum absolute atomic E-state index is 0.208. The molecule has 0 radical (unpaired) electrons. The van der Waals surface area contributed by atoms with Crippen LogP contribution in [0.2, 0.25) is 10.0 Å². The third kappa shape index (κ3) is 4.15. The molecule has 0 spiro atoms. The quantitative estimate of drug-likeness (QED) is 0.886. The summed E-state index contributed by atoms with van der Waals surface area (Å²) < 4.78 is 0. The summed E-state index contributed by atoms with van der Waals surface area (Å²) in [5.74, 6) is -0.356. The Hall–Kier alpha value is -1.71. The summed E-state index contributed by atoms with van der Waals surface area (Å²) in [6.45, 7) is 0.566. The van der Waals surface area contributed by atoms with E-state index in [4.69, 9.17) is 28.9 Å². The SMILES string of the molecule is NC(=O)Cc1ccccc1NCc1cc(Cl)cc(Cl)c1. The predicted octanol–water partition coefficient (Wildman–Crippen LogP) is 3.63. The van der Waals surface area contributed by atoms with Crippen LogP contribution in [0.25, 0.3) is 0 Å². The van der Waals surface area contributed by atoms with Crippen LogP contribution in [0, 0.1) is 0 Å². The zero-order chi connectivity index (χ0) is 14.5. The molecule has 0 aliphatic rings. The molecule has 0 fully saturated rings. The highest BCUT2D eigenvalue weighted by Crippen LogP contribution is 2.21. The molecule has 5 heteroatoms. The molecule has 0 aliphatic heterocycles. The molecule has 0 atom stereocenters. The first-order valence-electron chi connectivity index (χ1n) is 6.09. The van der Waals surface area contributed by atoms with Gasteiger partial charge in [0.25, 0.3) is 0 Å². The average molecular weight is 309 g/mol. The number of anilines is 1. The summed E-state index contributed by atoms with van der Waals surface area (Å²) in [4.78, 5) is 11.0. The van der Waals surface area contributed by atoms with E-state index in [0.29, 0.717) is 16.6 Å². The number of primary amides is 1. The van der Waals surface area contributed by atoms with E-state index in [1.54, 1.807) is 6.07 Å². The summed E-state index contributed by atoms with van der Waals surface area (Å²) in [5.41, 5.74) is 7.95. The lowest BCUT2D eigenvalue weighted by molar-refractivity contribution is -0.117. The minimum atomic E-state index is -0.356. The van der Waals surface area contributed by atoms with Crippen molar-refractivity contribution in [1.29, 1.82) is 0 Å². The largest absolute Gasteiger partial charge is 0.381 e. The molecule has 0 aliphatic carbocycles. The zero-order valence-electron chi connectivity index (χ0n) is 10.7. The van der Waals surface area contributed by atoms with Gasteiger partial charge in [-0.3, -0.25) is 4.79 Å². The highest BCUT2D eigenvalue weighted by atomic mass is 35.5. The van der Waals surface area contributed by atoms with E-state index in [2.05, 4.69) is 5.32 Å². The van der Waals surface area contributed by atoms with Crippen molar-refractivity contribution in [2.75, 3.05) is 5.32 Å². The lowest BCUT2D eigenvalue weighted by Crippen LogP contribution is -2.15. The Morgan fingerprint density at radius 2 is 1.75 bits per heavy atom. The van der Waals surface area contributed by atoms with Crippen LogP contribution in [0.1, 0.15) is 11.1 Å². The zero-order valence-corrected chi connectivity index (χ0v) is 12.2. The Labute approximate surface area is 127 Å². The summed E-state index contributed by atoms with van der Waals surface area (Å²) in [5, 5.41) is 4.46. The van der Waals surface area contributed by atoms with Crippen LogP contribution < -0.4 is 11.1 Å². The number of carbonyl (C=O) groups is 1. The van der Waals surface area contributed by atoms with E-state index in [-0.39, 0.29) is 12.3 Å². The maximum Gasteiger partial charge on any atom is 0.221 e. The number of nitrogens with one attached hydrogen (secondary N) is 1. The number of benzene rings is 2. The van der Waals surface area contributed by atoms with Gasteiger partial charge in [0, 0.05) is 22.3 Å². The average Bonchev–Trinajstić information content (AvgIpc) is 2.36. The lowest BCUT2D eigenvalue weighted by Gasteiger charge is -2.11. The fourth-order valence-electron chi connectivity index (χ4n) is 1.94. The fraction of sp³-hybridized carbons (Fsp3) is 0.133. The third-order valence-electron chi connectivity index (χ3n) is 2.79. The van der Waals surface area contributed by atoms with Gasteiger partial charge in [-0.25, -0.2) is 0 Å². The van der Waals surface area contributed by atoms with Gasteiger partial charge in [-0.05, 0) is 35.4 Å². The number of amides is 1.